The maximum absolute atomic E-state index is 9.96. The maximum atomic E-state index is 9.96. The van der Waals surface area contributed by atoms with Crippen LogP contribution in [0.1, 0.15) is 11.3 Å². The maximum Gasteiger partial charge on any atom is 0.236 e. The molecule has 0 aliphatic carbocycles. The Morgan fingerprint density at radius 3 is 2.56 bits per heavy atom. The molecule has 0 fully saturated rings. The van der Waals surface area contributed by atoms with E-state index in [0.29, 0.717) is 39.2 Å². The first-order valence-corrected chi connectivity index (χ1v) is 11.2. The number of aromatic nitrogens is 2. The second kappa shape index (κ2) is 10.5. The highest BCUT2D eigenvalue weighted by Crippen LogP contribution is 2.42. The summed E-state index contributed by atoms with van der Waals surface area (Å²) in [6.07, 6.45) is 1.57. The Morgan fingerprint density at radius 2 is 1.88 bits per heavy atom. The van der Waals surface area contributed by atoms with Gasteiger partial charge in [0.05, 0.1) is 24.4 Å². The summed E-state index contributed by atoms with van der Waals surface area (Å²) < 4.78 is 11.0. The lowest BCUT2D eigenvalue weighted by Gasteiger charge is -2.13. The van der Waals surface area contributed by atoms with Crippen LogP contribution in [0.15, 0.2) is 70.3 Å². The van der Waals surface area contributed by atoms with Crippen LogP contribution < -0.4 is 10.5 Å². The molecular formula is C25H19N5O3S. The molecule has 0 saturated heterocycles. The van der Waals surface area contributed by atoms with Crippen LogP contribution in [-0.4, -0.2) is 28.3 Å². The summed E-state index contributed by atoms with van der Waals surface area (Å²) in [6.45, 7) is 7.66. The minimum Gasteiger partial charge on any atom is -0.491 e. The molecule has 0 saturated carbocycles. The number of ether oxygens (including phenoxy) is 1. The van der Waals surface area contributed by atoms with Crippen LogP contribution in [0.3, 0.4) is 0 Å². The number of hydrogen-bond donors (Lipinski definition) is 2. The quantitative estimate of drug-likeness (QED) is 0.271. The number of nitrogens with zero attached hydrogens (tertiary/aromatic N) is 4. The molecule has 168 valence electrons. The molecule has 2 heterocycles. The first-order valence-electron chi connectivity index (χ1n) is 10.2. The van der Waals surface area contributed by atoms with Crippen LogP contribution in [0, 0.1) is 17.9 Å². The van der Waals surface area contributed by atoms with Gasteiger partial charge in [-0.05, 0) is 29.8 Å². The number of aliphatic hydroxyl groups is 1. The Bertz CT molecular complexity index is 1370. The highest BCUT2D eigenvalue weighted by Gasteiger charge is 2.21. The molecule has 34 heavy (non-hydrogen) atoms. The van der Waals surface area contributed by atoms with Crippen molar-refractivity contribution in [3.05, 3.63) is 83.5 Å². The fraction of sp³-hybridized carbons (Fsp3) is 0.120. The van der Waals surface area contributed by atoms with Gasteiger partial charge in [-0.1, -0.05) is 42.1 Å². The van der Waals surface area contributed by atoms with Crippen molar-refractivity contribution in [1.82, 2.24) is 9.97 Å². The Hall–Kier alpha value is -4.31. The zero-order valence-electron chi connectivity index (χ0n) is 17.9. The summed E-state index contributed by atoms with van der Waals surface area (Å²) >= 11 is 1.30. The van der Waals surface area contributed by atoms with Gasteiger partial charge in [0.2, 0.25) is 11.6 Å². The predicted octanol–water partition coefficient (Wildman–Crippen LogP) is 5.07. The number of pyridine rings is 1. The lowest BCUT2D eigenvalue weighted by atomic mass is 10.00. The average Bonchev–Trinajstić information content (AvgIpc) is 3.36. The van der Waals surface area contributed by atoms with Crippen LogP contribution in [-0.2, 0) is 5.75 Å². The molecule has 0 spiro atoms. The van der Waals surface area contributed by atoms with E-state index in [1.54, 1.807) is 30.5 Å². The second-order valence-corrected chi connectivity index (χ2v) is 7.98. The number of benzene rings is 2. The summed E-state index contributed by atoms with van der Waals surface area (Å²) in [4.78, 5) is 12.4. The summed E-state index contributed by atoms with van der Waals surface area (Å²) in [6, 6.07) is 18.7. The number of rotatable bonds is 8. The normalized spacial score (nSPS) is 10.4. The number of anilines is 1. The summed E-state index contributed by atoms with van der Waals surface area (Å²) in [7, 11) is 0. The summed E-state index contributed by atoms with van der Waals surface area (Å²) in [5, 5.41) is 19.3. The van der Waals surface area contributed by atoms with Gasteiger partial charge in [0.25, 0.3) is 0 Å². The van der Waals surface area contributed by atoms with Crippen molar-refractivity contribution in [3.8, 4) is 34.4 Å². The molecule has 0 bridgehead atoms. The number of oxazole rings is 1. The van der Waals surface area contributed by atoms with E-state index in [1.165, 1.54) is 11.8 Å². The van der Waals surface area contributed by atoms with E-state index in [1.807, 2.05) is 30.3 Å². The third kappa shape index (κ3) is 4.86. The first-order chi connectivity index (χ1) is 16.6. The average molecular weight is 470 g/mol. The number of nitrogen functional groups attached to an aromatic ring is 1. The van der Waals surface area contributed by atoms with E-state index in [-0.39, 0.29) is 30.3 Å². The number of hydrogen-bond acceptors (Lipinski definition) is 8. The largest absolute Gasteiger partial charge is 0.491 e. The van der Waals surface area contributed by atoms with Crippen LogP contribution in [0.5, 0.6) is 5.75 Å². The van der Waals surface area contributed by atoms with Crippen LogP contribution in [0.2, 0.25) is 0 Å². The van der Waals surface area contributed by atoms with Gasteiger partial charge < -0.3 is 20.0 Å². The highest BCUT2D eigenvalue weighted by molar-refractivity contribution is 7.98. The fourth-order valence-electron chi connectivity index (χ4n) is 3.28. The third-order valence-corrected chi connectivity index (χ3v) is 5.83. The molecule has 4 rings (SSSR count). The zero-order valence-corrected chi connectivity index (χ0v) is 18.7. The van der Waals surface area contributed by atoms with Crippen LogP contribution >= 0.6 is 11.8 Å². The van der Waals surface area contributed by atoms with E-state index in [4.69, 9.17) is 26.6 Å². The van der Waals surface area contributed by atoms with Gasteiger partial charge in [-0.3, -0.25) is 0 Å². The minimum absolute atomic E-state index is 0.0530. The standard InChI is InChI=1S/C25H19N5O3S/c1-28-22-21(16-7-9-19(10-8-16)32-12-11-31)20(13-26)25(30-23(22)27)34-15-18-14-33-24(29-18)17-5-3-2-4-6-17/h2-10,14,31H,11-12,15H2,(H2,27,30). The van der Waals surface area contributed by atoms with Gasteiger partial charge in [0.1, 0.15) is 35.5 Å². The Morgan fingerprint density at radius 1 is 1.12 bits per heavy atom. The number of nitrogens with two attached hydrogens (primary N) is 1. The van der Waals surface area contributed by atoms with Gasteiger partial charge in [0, 0.05) is 16.9 Å². The topological polar surface area (TPSA) is 123 Å². The van der Waals surface area contributed by atoms with Gasteiger partial charge in [-0.2, -0.15) is 5.26 Å². The van der Waals surface area contributed by atoms with Crippen molar-refractivity contribution in [3.63, 3.8) is 0 Å². The molecule has 0 atom stereocenters. The van der Waals surface area contributed by atoms with Crippen molar-refractivity contribution in [2.45, 2.75) is 10.8 Å². The molecule has 0 aliphatic rings. The first kappa shape index (κ1) is 22.9. The van der Waals surface area contributed by atoms with Crippen molar-refractivity contribution in [1.29, 1.82) is 5.26 Å². The van der Waals surface area contributed by atoms with E-state index < -0.39 is 0 Å². The van der Waals surface area contributed by atoms with Gasteiger partial charge in [0.15, 0.2) is 0 Å². The number of aliphatic hydroxyl groups excluding tert-OH is 1. The summed E-state index contributed by atoms with van der Waals surface area (Å²) in [5.74, 6) is 1.54. The Balaban J connectivity index is 1.64. The van der Waals surface area contributed by atoms with E-state index in [0.717, 1.165) is 5.56 Å². The molecule has 4 aromatic rings. The van der Waals surface area contributed by atoms with Crippen LogP contribution in [0.4, 0.5) is 11.5 Å². The van der Waals surface area contributed by atoms with Crippen molar-refractivity contribution >= 4 is 23.3 Å². The smallest absolute Gasteiger partial charge is 0.236 e. The molecule has 8 nitrogen and oxygen atoms in total. The lowest BCUT2D eigenvalue weighted by Crippen LogP contribution is -2.02. The van der Waals surface area contributed by atoms with Crippen LogP contribution in [0.25, 0.3) is 27.4 Å². The van der Waals surface area contributed by atoms with E-state index in [2.05, 4.69) is 20.9 Å². The molecule has 2 aromatic heterocycles. The predicted molar refractivity (Wildman–Crippen MR) is 129 cm³/mol. The molecule has 0 aliphatic heterocycles. The van der Waals surface area contributed by atoms with Crippen molar-refractivity contribution in [2.75, 3.05) is 18.9 Å². The number of thioether (sulfide) groups is 1. The highest BCUT2D eigenvalue weighted by atomic mass is 32.2. The molecule has 3 N–H and O–H groups in total. The molecule has 2 aromatic carbocycles. The third-order valence-electron chi connectivity index (χ3n) is 4.82. The van der Waals surface area contributed by atoms with Crippen molar-refractivity contribution < 1.29 is 14.3 Å². The monoisotopic (exact) mass is 469 g/mol. The van der Waals surface area contributed by atoms with Crippen molar-refractivity contribution in [2.24, 2.45) is 0 Å². The van der Waals surface area contributed by atoms with E-state index in [9.17, 15) is 5.26 Å². The molecule has 0 radical (unpaired) electrons. The van der Waals surface area contributed by atoms with Gasteiger partial charge in [-0.15, -0.1) is 0 Å². The fourth-order valence-corrected chi connectivity index (χ4v) is 4.16. The summed E-state index contributed by atoms with van der Waals surface area (Å²) in [5.41, 5.74) is 9.11. The molecule has 0 unspecified atom stereocenters. The molecular weight excluding hydrogens is 450 g/mol. The lowest BCUT2D eigenvalue weighted by molar-refractivity contribution is 0.201. The van der Waals surface area contributed by atoms with Gasteiger partial charge >= 0.3 is 0 Å². The SMILES string of the molecule is [C-]#[N+]c1c(N)nc(SCc2coc(-c3ccccc3)n2)c(C#N)c1-c1ccc(OCCO)cc1. The van der Waals surface area contributed by atoms with E-state index >= 15 is 0 Å². The molecule has 9 heteroatoms. The van der Waals surface area contributed by atoms with Gasteiger partial charge in [-0.25, -0.2) is 14.8 Å². The minimum atomic E-state index is -0.0952. The molecule has 0 amide bonds. The number of nitriles is 1. The zero-order chi connectivity index (χ0) is 23.9. The Labute approximate surface area is 200 Å². The Kier molecular flexibility index (Phi) is 7.09. The second-order valence-electron chi connectivity index (χ2n) is 7.02.